The Bertz CT molecular complexity index is 564. The first-order valence-electron chi connectivity index (χ1n) is 7.54. The summed E-state index contributed by atoms with van der Waals surface area (Å²) in [5.74, 6) is 1.24. The van der Waals surface area contributed by atoms with Crippen LogP contribution in [0, 0.1) is 0 Å². The molecule has 0 fully saturated rings. The van der Waals surface area contributed by atoms with E-state index in [1.165, 1.54) is 18.1 Å². The number of ketones is 1. The number of rotatable bonds is 8. The summed E-state index contributed by atoms with van der Waals surface area (Å²) >= 11 is 0. The van der Waals surface area contributed by atoms with Crippen LogP contribution in [0.4, 0.5) is 0 Å². The van der Waals surface area contributed by atoms with Crippen molar-refractivity contribution in [1.29, 1.82) is 0 Å². The van der Waals surface area contributed by atoms with Crippen LogP contribution in [0.2, 0.25) is 0 Å². The van der Waals surface area contributed by atoms with E-state index in [-0.39, 0.29) is 5.78 Å². The Morgan fingerprint density at radius 3 is 2.45 bits per heavy atom. The smallest absolute Gasteiger partial charge is 0.163 e. The molecule has 0 saturated carbocycles. The number of carbonyl (C=O) groups is 1. The van der Waals surface area contributed by atoms with E-state index in [0.29, 0.717) is 23.7 Å². The molecule has 0 radical (unpaired) electrons. The highest BCUT2D eigenvalue weighted by Crippen LogP contribution is 2.25. The summed E-state index contributed by atoms with van der Waals surface area (Å²) in [7, 11) is 1.60. The topological polar surface area (TPSA) is 35.5 Å². The van der Waals surface area contributed by atoms with Crippen LogP contribution >= 0.6 is 0 Å². The molecule has 0 spiro atoms. The minimum absolute atomic E-state index is 0.0121. The Hall–Kier alpha value is -2.03. The fourth-order valence-electron chi connectivity index (χ4n) is 2.00. The van der Waals surface area contributed by atoms with E-state index in [1.54, 1.807) is 25.3 Å². The van der Waals surface area contributed by atoms with Crippen LogP contribution in [0.15, 0.2) is 41.5 Å². The summed E-state index contributed by atoms with van der Waals surface area (Å²) in [6.07, 6.45) is 6.35. The van der Waals surface area contributed by atoms with E-state index in [2.05, 4.69) is 32.9 Å². The van der Waals surface area contributed by atoms with E-state index in [0.717, 1.165) is 12.8 Å². The molecule has 22 heavy (non-hydrogen) atoms. The predicted molar refractivity (Wildman–Crippen MR) is 90.9 cm³/mol. The first kappa shape index (κ1) is 18.0. The van der Waals surface area contributed by atoms with Crippen molar-refractivity contribution in [3.8, 4) is 11.5 Å². The van der Waals surface area contributed by atoms with Crippen LogP contribution in [-0.2, 0) is 0 Å². The lowest BCUT2D eigenvalue weighted by Gasteiger charge is -2.10. The summed E-state index contributed by atoms with van der Waals surface area (Å²) in [5.41, 5.74) is 3.20. The summed E-state index contributed by atoms with van der Waals surface area (Å²) in [5, 5.41) is 0. The predicted octanol–water partition coefficient (Wildman–Crippen LogP) is 4.97. The summed E-state index contributed by atoms with van der Waals surface area (Å²) in [6.45, 7) is 8.30. The van der Waals surface area contributed by atoms with Gasteiger partial charge in [-0.3, -0.25) is 4.79 Å². The largest absolute Gasteiger partial charge is 0.497 e. The van der Waals surface area contributed by atoms with E-state index >= 15 is 0 Å². The lowest BCUT2D eigenvalue weighted by Crippen LogP contribution is -2.02. The Labute approximate surface area is 133 Å². The first-order chi connectivity index (χ1) is 10.4. The molecule has 0 aliphatic rings. The standard InChI is InChI=1S/C19H26O3/c1-14(2)7-6-8-15(3)11-12-22-19-13-17(21-5)9-10-18(19)16(4)20/h7,9-11,13H,6,8,12H2,1-5H3/b15-11+. The normalized spacial score (nSPS) is 11.0. The Morgan fingerprint density at radius 2 is 1.86 bits per heavy atom. The fourth-order valence-corrected chi connectivity index (χ4v) is 2.00. The molecule has 1 aromatic rings. The van der Waals surface area contributed by atoms with Crippen molar-refractivity contribution in [2.24, 2.45) is 0 Å². The Morgan fingerprint density at radius 1 is 1.14 bits per heavy atom. The zero-order valence-corrected chi connectivity index (χ0v) is 14.2. The lowest BCUT2D eigenvalue weighted by atomic mass is 10.1. The fraction of sp³-hybridized carbons (Fsp3) is 0.421. The molecular formula is C19H26O3. The van der Waals surface area contributed by atoms with Crippen LogP contribution in [-0.4, -0.2) is 19.5 Å². The van der Waals surface area contributed by atoms with Crippen molar-refractivity contribution in [2.45, 2.75) is 40.5 Å². The van der Waals surface area contributed by atoms with Gasteiger partial charge < -0.3 is 9.47 Å². The number of hydrogen-bond donors (Lipinski definition) is 0. The first-order valence-corrected chi connectivity index (χ1v) is 7.54. The second kappa shape index (κ2) is 9.08. The molecule has 1 rings (SSSR count). The number of benzene rings is 1. The molecule has 0 saturated heterocycles. The van der Waals surface area contributed by atoms with E-state index in [4.69, 9.17) is 9.47 Å². The Balaban J connectivity index is 2.66. The molecule has 120 valence electrons. The molecule has 0 atom stereocenters. The second-order valence-electron chi connectivity index (χ2n) is 5.60. The van der Waals surface area contributed by atoms with Gasteiger partial charge in [-0.1, -0.05) is 17.2 Å². The molecule has 0 aliphatic heterocycles. The van der Waals surface area contributed by atoms with Gasteiger partial charge >= 0.3 is 0 Å². The van der Waals surface area contributed by atoms with Gasteiger partial charge in [0.15, 0.2) is 5.78 Å². The summed E-state index contributed by atoms with van der Waals surface area (Å²) < 4.78 is 10.9. The van der Waals surface area contributed by atoms with Crippen LogP contribution in [0.3, 0.4) is 0 Å². The van der Waals surface area contributed by atoms with Gasteiger partial charge in [0.25, 0.3) is 0 Å². The quantitative estimate of drug-likeness (QED) is 0.502. The van der Waals surface area contributed by atoms with E-state index in [1.807, 2.05) is 0 Å². The SMILES string of the molecule is COc1ccc(C(C)=O)c(OC/C=C(\C)CCC=C(C)C)c1. The van der Waals surface area contributed by atoms with Crippen molar-refractivity contribution < 1.29 is 14.3 Å². The lowest BCUT2D eigenvalue weighted by molar-refractivity contribution is 0.101. The molecule has 0 bridgehead atoms. The van der Waals surface area contributed by atoms with Crippen molar-refractivity contribution in [3.05, 3.63) is 47.1 Å². The highest BCUT2D eigenvalue weighted by Gasteiger charge is 2.09. The average Bonchev–Trinajstić information content (AvgIpc) is 2.46. The van der Waals surface area contributed by atoms with E-state index in [9.17, 15) is 4.79 Å². The number of hydrogen-bond acceptors (Lipinski definition) is 3. The molecule has 0 heterocycles. The van der Waals surface area contributed by atoms with Crippen LogP contribution in [0.25, 0.3) is 0 Å². The van der Waals surface area contributed by atoms with E-state index < -0.39 is 0 Å². The van der Waals surface area contributed by atoms with Crippen LogP contribution in [0.5, 0.6) is 11.5 Å². The van der Waals surface area contributed by atoms with Gasteiger partial charge in [0, 0.05) is 6.07 Å². The van der Waals surface area contributed by atoms with Crippen molar-refractivity contribution in [3.63, 3.8) is 0 Å². The molecule has 0 amide bonds. The zero-order chi connectivity index (χ0) is 16.5. The van der Waals surface area contributed by atoms with Gasteiger partial charge in [0.05, 0.1) is 12.7 Å². The third kappa shape index (κ3) is 6.17. The number of carbonyl (C=O) groups excluding carboxylic acids is 1. The highest BCUT2D eigenvalue weighted by atomic mass is 16.5. The molecule has 1 aromatic carbocycles. The molecule has 3 heteroatoms. The monoisotopic (exact) mass is 302 g/mol. The highest BCUT2D eigenvalue weighted by molar-refractivity contribution is 5.97. The van der Waals surface area contributed by atoms with Crippen molar-refractivity contribution in [1.82, 2.24) is 0 Å². The van der Waals surface area contributed by atoms with Crippen molar-refractivity contribution in [2.75, 3.05) is 13.7 Å². The van der Waals surface area contributed by atoms with Gasteiger partial charge in [-0.25, -0.2) is 0 Å². The molecule has 3 nitrogen and oxygen atoms in total. The van der Waals surface area contributed by atoms with Gasteiger partial charge in [-0.05, 0) is 58.7 Å². The molecule has 0 N–H and O–H groups in total. The number of methoxy groups -OCH3 is 1. The number of allylic oxidation sites excluding steroid dienone is 3. The van der Waals surface area contributed by atoms with Gasteiger partial charge in [-0.2, -0.15) is 0 Å². The second-order valence-corrected chi connectivity index (χ2v) is 5.60. The maximum Gasteiger partial charge on any atom is 0.163 e. The minimum atomic E-state index is -0.0121. The van der Waals surface area contributed by atoms with Crippen molar-refractivity contribution >= 4 is 5.78 Å². The minimum Gasteiger partial charge on any atom is -0.497 e. The van der Waals surface area contributed by atoms with Gasteiger partial charge in [0.1, 0.15) is 18.1 Å². The maximum atomic E-state index is 11.6. The molecule has 0 aliphatic carbocycles. The van der Waals surface area contributed by atoms with Crippen LogP contribution < -0.4 is 9.47 Å². The van der Waals surface area contributed by atoms with Gasteiger partial charge in [0.2, 0.25) is 0 Å². The third-order valence-electron chi connectivity index (χ3n) is 3.33. The summed E-state index contributed by atoms with van der Waals surface area (Å²) in [4.78, 5) is 11.6. The third-order valence-corrected chi connectivity index (χ3v) is 3.33. The Kier molecular flexibility index (Phi) is 7.44. The van der Waals surface area contributed by atoms with Crippen LogP contribution in [0.1, 0.15) is 50.9 Å². The number of Topliss-reactive ketones (excluding diaryl/α,β-unsaturated/α-hetero) is 1. The zero-order valence-electron chi connectivity index (χ0n) is 14.2. The maximum absolute atomic E-state index is 11.6. The van der Waals surface area contributed by atoms with Gasteiger partial charge in [-0.15, -0.1) is 0 Å². The average molecular weight is 302 g/mol. The molecular weight excluding hydrogens is 276 g/mol. The number of ether oxygens (including phenoxy) is 2. The molecule has 0 unspecified atom stereocenters. The molecule has 0 aromatic heterocycles. The summed E-state index contributed by atoms with van der Waals surface area (Å²) in [6, 6.07) is 5.26.